The molecular weight excluding hydrogens is 329 g/mol. The van der Waals surface area contributed by atoms with E-state index in [1.54, 1.807) is 12.1 Å². The molecule has 0 radical (unpaired) electrons. The molecule has 0 heterocycles. The quantitative estimate of drug-likeness (QED) is 0.844. The Hall–Kier alpha value is -0.160. The zero-order chi connectivity index (χ0) is 14.2. The van der Waals surface area contributed by atoms with Gasteiger partial charge in [-0.25, -0.2) is 8.42 Å². The van der Waals surface area contributed by atoms with Gasteiger partial charge >= 0.3 is 0 Å². The minimum atomic E-state index is -3.07. The van der Waals surface area contributed by atoms with Crippen molar-refractivity contribution in [2.75, 3.05) is 11.6 Å². The second kappa shape index (κ2) is 5.68. The minimum Gasteiger partial charge on any atom is -0.380 e. The van der Waals surface area contributed by atoms with Gasteiger partial charge in [-0.1, -0.05) is 34.8 Å². The van der Waals surface area contributed by atoms with Crippen molar-refractivity contribution in [2.45, 2.75) is 30.6 Å². The lowest BCUT2D eigenvalue weighted by molar-refractivity contribution is 0.579. The summed E-state index contributed by atoms with van der Waals surface area (Å²) < 4.78 is 23.4. The molecule has 2 atom stereocenters. The summed E-state index contributed by atoms with van der Waals surface area (Å²) in [4.78, 5) is 0. The molecular formula is C12H14Cl3NO2S. The molecule has 0 spiro atoms. The first-order valence-electron chi connectivity index (χ1n) is 5.89. The monoisotopic (exact) mass is 341 g/mol. The van der Waals surface area contributed by atoms with Crippen LogP contribution < -0.4 is 5.32 Å². The van der Waals surface area contributed by atoms with E-state index in [1.807, 2.05) is 0 Å². The van der Waals surface area contributed by atoms with E-state index in [0.29, 0.717) is 27.2 Å². The van der Waals surface area contributed by atoms with Crippen LogP contribution in [0.4, 0.5) is 5.69 Å². The Kier molecular flexibility index (Phi) is 4.56. The zero-order valence-corrected chi connectivity index (χ0v) is 13.4. The van der Waals surface area contributed by atoms with Crippen LogP contribution in [0.2, 0.25) is 15.1 Å². The van der Waals surface area contributed by atoms with Gasteiger partial charge in [-0.3, -0.25) is 0 Å². The smallest absolute Gasteiger partial charge is 0.152 e. The van der Waals surface area contributed by atoms with Crippen LogP contribution in [0.3, 0.4) is 0 Å². The summed E-state index contributed by atoms with van der Waals surface area (Å²) in [6.07, 6.45) is 3.63. The third kappa shape index (κ3) is 3.48. The molecule has 1 aliphatic rings. The van der Waals surface area contributed by atoms with Gasteiger partial charge < -0.3 is 5.32 Å². The highest BCUT2D eigenvalue weighted by atomic mass is 35.5. The first-order chi connectivity index (χ1) is 8.79. The average molecular weight is 343 g/mol. The maximum Gasteiger partial charge on any atom is 0.152 e. The Balaban J connectivity index is 2.24. The summed E-state index contributed by atoms with van der Waals surface area (Å²) in [6, 6.07) is 3.05. The normalized spacial score (nSPS) is 23.6. The van der Waals surface area contributed by atoms with Crippen LogP contribution in [0.15, 0.2) is 12.1 Å². The third-order valence-electron chi connectivity index (χ3n) is 3.35. The van der Waals surface area contributed by atoms with Crippen LogP contribution in [0.1, 0.15) is 19.3 Å². The summed E-state index contributed by atoms with van der Waals surface area (Å²) in [5.74, 6) is 0. The molecule has 0 saturated heterocycles. The van der Waals surface area contributed by atoms with Crippen molar-refractivity contribution >= 4 is 50.3 Å². The Bertz CT molecular complexity index is 589. The number of nitrogens with one attached hydrogen (secondary N) is 1. The van der Waals surface area contributed by atoms with Crippen molar-refractivity contribution in [2.24, 2.45) is 0 Å². The van der Waals surface area contributed by atoms with Crippen molar-refractivity contribution in [3.63, 3.8) is 0 Å². The van der Waals surface area contributed by atoms with Gasteiger partial charge in [0.15, 0.2) is 9.84 Å². The number of hydrogen-bond donors (Lipinski definition) is 1. The molecule has 1 aliphatic carbocycles. The molecule has 0 bridgehead atoms. The summed E-state index contributed by atoms with van der Waals surface area (Å²) in [5.41, 5.74) is 0.622. The van der Waals surface area contributed by atoms with Gasteiger partial charge in [-0.15, -0.1) is 0 Å². The van der Waals surface area contributed by atoms with Crippen LogP contribution in [-0.2, 0) is 9.84 Å². The molecule has 19 heavy (non-hydrogen) atoms. The third-order valence-corrected chi connectivity index (χ3v) is 6.05. The second-order valence-electron chi connectivity index (χ2n) is 4.80. The van der Waals surface area contributed by atoms with Gasteiger partial charge in [0.25, 0.3) is 0 Å². The highest BCUT2D eigenvalue weighted by molar-refractivity contribution is 7.91. The number of benzene rings is 1. The van der Waals surface area contributed by atoms with Crippen LogP contribution >= 0.6 is 34.8 Å². The van der Waals surface area contributed by atoms with Gasteiger partial charge in [-0.2, -0.15) is 0 Å². The average Bonchev–Trinajstić information content (AvgIpc) is 2.73. The van der Waals surface area contributed by atoms with Gasteiger partial charge in [0.05, 0.1) is 26.0 Å². The molecule has 0 aromatic heterocycles. The van der Waals surface area contributed by atoms with Crippen LogP contribution in [0.25, 0.3) is 0 Å². The van der Waals surface area contributed by atoms with Gasteiger partial charge in [0, 0.05) is 12.3 Å². The van der Waals surface area contributed by atoms with E-state index in [1.165, 1.54) is 6.26 Å². The van der Waals surface area contributed by atoms with Crippen molar-refractivity contribution in [3.8, 4) is 0 Å². The fourth-order valence-corrected chi connectivity index (χ4v) is 4.43. The number of hydrogen-bond acceptors (Lipinski definition) is 3. The molecule has 1 saturated carbocycles. The lowest BCUT2D eigenvalue weighted by Gasteiger charge is -2.21. The van der Waals surface area contributed by atoms with Gasteiger partial charge in [-0.05, 0) is 31.4 Å². The predicted octanol–water partition coefficient (Wildman–Crippen LogP) is 4.02. The maximum atomic E-state index is 11.7. The van der Waals surface area contributed by atoms with Gasteiger partial charge in [0.1, 0.15) is 0 Å². The zero-order valence-electron chi connectivity index (χ0n) is 10.3. The molecule has 2 unspecified atom stereocenters. The molecule has 1 aromatic rings. The Morgan fingerprint density at radius 1 is 1.11 bits per heavy atom. The first-order valence-corrected chi connectivity index (χ1v) is 8.98. The van der Waals surface area contributed by atoms with E-state index < -0.39 is 9.84 Å². The lowest BCUT2D eigenvalue weighted by atomic mass is 10.2. The minimum absolute atomic E-state index is 0.134. The molecule has 1 aromatic carbocycles. The molecule has 1 N–H and O–H groups in total. The van der Waals surface area contributed by atoms with Crippen LogP contribution in [0.5, 0.6) is 0 Å². The molecule has 3 nitrogen and oxygen atoms in total. The number of halogens is 3. The maximum absolute atomic E-state index is 11.7. The Labute approximate surface area is 128 Å². The van der Waals surface area contributed by atoms with Crippen molar-refractivity contribution in [3.05, 3.63) is 27.2 Å². The van der Waals surface area contributed by atoms with Crippen molar-refractivity contribution in [1.82, 2.24) is 0 Å². The fraction of sp³-hybridized carbons (Fsp3) is 0.500. The lowest BCUT2D eigenvalue weighted by Crippen LogP contribution is -2.34. The molecule has 0 aliphatic heterocycles. The Morgan fingerprint density at radius 2 is 1.74 bits per heavy atom. The molecule has 7 heteroatoms. The van der Waals surface area contributed by atoms with E-state index in [2.05, 4.69) is 5.32 Å². The Morgan fingerprint density at radius 3 is 2.37 bits per heavy atom. The molecule has 2 rings (SSSR count). The summed E-state index contributed by atoms with van der Waals surface area (Å²) in [6.45, 7) is 0. The highest BCUT2D eigenvalue weighted by Gasteiger charge is 2.35. The summed E-state index contributed by atoms with van der Waals surface area (Å²) >= 11 is 17.9. The predicted molar refractivity (Wildman–Crippen MR) is 81.4 cm³/mol. The summed E-state index contributed by atoms with van der Waals surface area (Å²) in [7, 11) is -3.07. The number of rotatable bonds is 3. The topological polar surface area (TPSA) is 46.2 Å². The molecule has 0 amide bonds. The standard InChI is InChI=1S/C12H14Cl3NO2S/c1-19(17,18)12-4-2-3-10(12)16-11-6-8(14)7(13)5-9(11)15/h5-6,10,12,16H,2-4H2,1H3. The van der Waals surface area contributed by atoms with Crippen molar-refractivity contribution in [1.29, 1.82) is 0 Å². The fourth-order valence-electron chi connectivity index (χ4n) is 2.44. The van der Waals surface area contributed by atoms with Crippen molar-refractivity contribution < 1.29 is 8.42 Å². The largest absolute Gasteiger partial charge is 0.380 e. The highest BCUT2D eigenvalue weighted by Crippen LogP contribution is 2.35. The number of anilines is 1. The second-order valence-corrected chi connectivity index (χ2v) is 8.28. The molecule has 106 valence electrons. The number of sulfone groups is 1. The van der Waals surface area contributed by atoms with E-state index in [-0.39, 0.29) is 11.3 Å². The summed E-state index contributed by atoms with van der Waals surface area (Å²) in [5, 5.41) is 4.01. The van der Waals surface area contributed by atoms with E-state index in [4.69, 9.17) is 34.8 Å². The first kappa shape index (κ1) is 15.2. The van der Waals surface area contributed by atoms with Crippen LogP contribution in [-0.4, -0.2) is 26.0 Å². The van der Waals surface area contributed by atoms with E-state index >= 15 is 0 Å². The SMILES string of the molecule is CS(=O)(=O)C1CCCC1Nc1cc(Cl)c(Cl)cc1Cl. The molecule has 1 fully saturated rings. The van der Waals surface area contributed by atoms with E-state index in [0.717, 1.165) is 12.8 Å². The van der Waals surface area contributed by atoms with E-state index in [9.17, 15) is 8.42 Å². The van der Waals surface area contributed by atoms with Crippen LogP contribution in [0, 0.1) is 0 Å². The van der Waals surface area contributed by atoms with Gasteiger partial charge in [0.2, 0.25) is 0 Å².